The fourth-order valence-corrected chi connectivity index (χ4v) is 3.60. The predicted octanol–water partition coefficient (Wildman–Crippen LogP) is 2.92. The summed E-state index contributed by atoms with van der Waals surface area (Å²) in [6, 6.07) is 12.3. The first-order valence-corrected chi connectivity index (χ1v) is 10.6. The summed E-state index contributed by atoms with van der Waals surface area (Å²) in [4.78, 5) is 24.6. The minimum atomic E-state index is -0.561. The number of hydrogen-bond acceptors (Lipinski definition) is 6. The number of H-pyrrole nitrogens is 1. The van der Waals surface area contributed by atoms with Crippen LogP contribution in [0.15, 0.2) is 48.7 Å². The Kier molecular flexibility index (Phi) is 6.64. The number of ether oxygens (including phenoxy) is 1. The van der Waals surface area contributed by atoms with E-state index in [2.05, 4.69) is 26.0 Å². The van der Waals surface area contributed by atoms with Crippen molar-refractivity contribution in [1.29, 1.82) is 0 Å². The van der Waals surface area contributed by atoms with Crippen molar-refractivity contribution >= 4 is 17.7 Å². The Morgan fingerprint density at radius 3 is 2.76 bits per heavy atom. The van der Waals surface area contributed by atoms with Gasteiger partial charge in [0.15, 0.2) is 0 Å². The summed E-state index contributed by atoms with van der Waals surface area (Å²) < 4.78 is 20.2. The van der Waals surface area contributed by atoms with E-state index in [1.54, 1.807) is 18.3 Å². The van der Waals surface area contributed by atoms with Gasteiger partial charge < -0.3 is 15.4 Å². The lowest BCUT2D eigenvalue weighted by molar-refractivity contribution is -0.119. The van der Waals surface area contributed by atoms with Crippen LogP contribution in [0.4, 0.5) is 14.9 Å². The van der Waals surface area contributed by atoms with Gasteiger partial charge in [0.25, 0.3) is 0 Å². The first-order valence-electron chi connectivity index (χ1n) is 10.6. The molecule has 10 heteroatoms. The number of cyclic esters (lactones) is 1. The average molecular weight is 452 g/mol. The second-order valence-electron chi connectivity index (χ2n) is 7.91. The topological polar surface area (TPSA) is 112 Å². The van der Waals surface area contributed by atoms with Crippen molar-refractivity contribution in [2.24, 2.45) is 0 Å². The second kappa shape index (κ2) is 9.78. The number of hydrogen-bond donors (Lipinski definition) is 3. The lowest BCUT2D eigenvalue weighted by Gasteiger charge is -2.15. The van der Waals surface area contributed by atoms with Crippen molar-refractivity contribution in [1.82, 2.24) is 26.0 Å². The molecule has 4 rings (SSSR count). The number of nitrogens with one attached hydrogen (secondary N) is 3. The number of rotatable bonds is 8. The summed E-state index contributed by atoms with van der Waals surface area (Å²) in [6.07, 6.45) is 0.643. The van der Waals surface area contributed by atoms with Crippen LogP contribution in [-0.4, -0.2) is 46.6 Å². The summed E-state index contributed by atoms with van der Waals surface area (Å²) in [5.41, 5.74) is 3.47. The summed E-state index contributed by atoms with van der Waals surface area (Å²) in [5, 5.41) is 16.5. The van der Waals surface area contributed by atoms with Crippen molar-refractivity contribution < 1.29 is 18.7 Å². The van der Waals surface area contributed by atoms with Gasteiger partial charge in [0.2, 0.25) is 5.91 Å². The van der Waals surface area contributed by atoms with Crippen LogP contribution in [0.1, 0.15) is 31.1 Å². The number of benzene rings is 2. The zero-order valence-corrected chi connectivity index (χ0v) is 18.3. The molecule has 0 spiro atoms. The van der Waals surface area contributed by atoms with E-state index in [1.807, 2.05) is 31.2 Å². The molecule has 1 aromatic heterocycles. The van der Waals surface area contributed by atoms with Crippen LogP contribution in [0.2, 0.25) is 0 Å². The van der Waals surface area contributed by atoms with E-state index in [-0.39, 0.29) is 25.0 Å². The van der Waals surface area contributed by atoms with Gasteiger partial charge in [-0.05, 0) is 36.2 Å². The zero-order chi connectivity index (χ0) is 23.4. The molecule has 3 N–H and O–H groups in total. The third-order valence-corrected chi connectivity index (χ3v) is 5.47. The molecule has 33 heavy (non-hydrogen) atoms. The van der Waals surface area contributed by atoms with Gasteiger partial charge in [-0.15, -0.1) is 0 Å². The van der Waals surface area contributed by atoms with Gasteiger partial charge in [-0.3, -0.25) is 9.69 Å². The number of carbonyl (C=O) groups excluding carboxylic acids is 2. The fourth-order valence-electron chi connectivity index (χ4n) is 3.60. The molecule has 2 heterocycles. The van der Waals surface area contributed by atoms with Gasteiger partial charge in [-0.1, -0.05) is 24.3 Å². The molecular formula is C23H25FN6O3. The Morgan fingerprint density at radius 1 is 1.30 bits per heavy atom. The van der Waals surface area contributed by atoms with Crippen molar-refractivity contribution in [3.8, 4) is 11.1 Å². The monoisotopic (exact) mass is 452 g/mol. The Balaban J connectivity index is 1.39. The Morgan fingerprint density at radius 2 is 2.09 bits per heavy atom. The maximum Gasteiger partial charge on any atom is 0.414 e. The molecule has 1 fully saturated rings. The maximum absolute atomic E-state index is 14.9. The number of aromatic nitrogens is 3. The average Bonchev–Trinajstić information content (AvgIpc) is 3.46. The molecule has 3 aromatic rings. The fraction of sp³-hybridized carbons (Fsp3) is 0.304. The lowest BCUT2D eigenvalue weighted by Crippen LogP contribution is -2.33. The summed E-state index contributed by atoms with van der Waals surface area (Å²) in [7, 11) is 0. The van der Waals surface area contributed by atoms with Gasteiger partial charge in [0, 0.05) is 19.0 Å². The highest BCUT2D eigenvalue weighted by atomic mass is 19.1. The van der Waals surface area contributed by atoms with Gasteiger partial charge >= 0.3 is 6.09 Å². The van der Waals surface area contributed by atoms with Crippen molar-refractivity contribution in [2.45, 2.75) is 32.5 Å². The largest absolute Gasteiger partial charge is 0.442 e. The predicted molar refractivity (Wildman–Crippen MR) is 120 cm³/mol. The van der Waals surface area contributed by atoms with Crippen LogP contribution in [-0.2, 0) is 16.1 Å². The van der Waals surface area contributed by atoms with Gasteiger partial charge in [0.1, 0.15) is 11.9 Å². The van der Waals surface area contributed by atoms with Crippen LogP contribution in [0.25, 0.3) is 11.1 Å². The molecule has 0 aliphatic carbocycles. The Hall–Kier alpha value is -3.79. The quantitative estimate of drug-likeness (QED) is 0.485. The molecular weight excluding hydrogens is 427 g/mol. The number of carbonyl (C=O) groups is 2. The maximum atomic E-state index is 14.9. The van der Waals surface area contributed by atoms with Crippen LogP contribution >= 0.6 is 0 Å². The van der Waals surface area contributed by atoms with E-state index in [0.29, 0.717) is 17.8 Å². The summed E-state index contributed by atoms with van der Waals surface area (Å²) in [5.74, 6) is -0.637. The highest BCUT2D eigenvalue weighted by Gasteiger charge is 2.32. The van der Waals surface area contributed by atoms with E-state index in [4.69, 9.17) is 4.74 Å². The molecule has 2 aromatic carbocycles. The molecule has 0 radical (unpaired) electrons. The van der Waals surface area contributed by atoms with Gasteiger partial charge in [-0.2, -0.15) is 15.4 Å². The number of amides is 2. The lowest BCUT2D eigenvalue weighted by atomic mass is 10.0. The zero-order valence-electron chi connectivity index (χ0n) is 18.3. The van der Waals surface area contributed by atoms with E-state index >= 15 is 0 Å². The van der Waals surface area contributed by atoms with E-state index in [0.717, 1.165) is 16.8 Å². The summed E-state index contributed by atoms with van der Waals surface area (Å²) >= 11 is 0. The molecule has 2 amide bonds. The van der Waals surface area contributed by atoms with Crippen molar-refractivity contribution in [3.63, 3.8) is 0 Å². The Bertz CT molecular complexity index is 1120. The van der Waals surface area contributed by atoms with Gasteiger partial charge in [0.05, 0.1) is 36.7 Å². The molecule has 2 atom stereocenters. The van der Waals surface area contributed by atoms with E-state index in [9.17, 15) is 14.0 Å². The number of nitrogens with zero attached hydrogens (tertiary/aromatic N) is 3. The number of halogens is 1. The van der Waals surface area contributed by atoms with Crippen LogP contribution in [0.5, 0.6) is 0 Å². The SMILES string of the molecule is CC(=O)NCC1CN(c2ccc(-c3ccc(CNC(C)c4cn[nH]n4)cc3)c(F)c2)C(=O)O1. The molecule has 9 nitrogen and oxygen atoms in total. The molecule has 0 bridgehead atoms. The van der Waals surface area contributed by atoms with Crippen molar-refractivity contribution in [2.75, 3.05) is 18.0 Å². The smallest absolute Gasteiger partial charge is 0.414 e. The molecule has 1 aliphatic rings. The minimum absolute atomic E-state index is 0.0449. The summed E-state index contributed by atoms with van der Waals surface area (Å²) in [6.45, 7) is 4.49. The second-order valence-corrected chi connectivity index (χ2v) is 7.91. The molecule has 0 saturated carbocycles. The van der Waals surface area contributed by atoms with Crippen molar-refractivity contribution in [3.05, 3.63) is 65.7 Å². The molecule has 1 aliphatic heterocycles. The number of aromatic amines is 1. The normalized spacial score (nSPS) is 16.5. The third-order valence-electron chi connectivity index (χ3n) is 5.47. The standard InChI is InChI=1S/C23H25FN6O3/c1-14(22-12-27-29-28-22)25-10-16-3-5-17(6-4-16)20-8-7-18(9-21(20)24)30-13-19(33-23(30)32)11-26-15(2)31/h3-9,12,14,19,25H,10-11,13H2,1-2H3,(H,26,31)(H,27,28,29). The number of anilines is 1. The highest BCUT2D eigenvalue weighted by molar-refractivity contribution is 5.90. The first kappa shape index (κ1) is 22.4. The van der Waals surface area contributed by atoms with Crippen LogP contribution in [0.3, 0.4) is 0 Å². The van der Waals surface area contributed by atoms with E-state index in [1.165, 1.54) is 17.9 Å². The van der Waals surface area contributed by atoms with Crippen LogP contribution < -0.4 is 15.5 Å². The van der Waals surface area contributed by atoms with Gasteiger partial charge in [-0.25, -0.2) is 9.18 Å². The molecule has 1 saturated heterocycles. The first-order chi connectivity index (χ1) is 15.9. The van der Waals surface area contributed by atoms with E-state index < -0.39 is 18.0 Å². The minimum Gasteiger partial charge on any atom is -0.442 e. The highest BCUT2D eigenvalue weighted by Crippen LogP contribution is 2.29. The molecule has 172 valence electrons. The Labute approximate surface area is 190 Å². The van der Waals surface area contributed by atoms with Crippen LogP contribution in [0, 0.1) is 5.82 Å². The molecule has 2 unspecified atom stereocenters. The third kappa shape index (κ3) is 5.35.